The van der Waals surface area contributed by atoms with Gasteiger partial charge in [-0.05, 0) is 24.3 Å². The number of nitrogens with zero attached hydrogens (tertiary/aromatic N) is 1. The van der Waals surface area contributed by atoms with E-state index in [0.29, 0.717) is 16.5 Å². The second-order valence-corrected chi connectivity index (χ2v) is 6.38. The Labute approximate surface area is 143 Å². The molecular weight excluding hydrogens is 377 g/mol. The highest BCUT2D eigenvalue weighted by atomic mass is 79.9. The standard InChI is InChI=1S/C18H11BrFNO3/c19-11-5-6-12-14(7-11)21(8-10-3-1-2-4-13(10)20)18-16(17(12)23)15(22)9-24-18/h1-7,9,22H,8H2. The molecule has 0 aliphatic heterocycles. The molecule has 2 aromatic heterocycles. The van der Waals surface area contributed by atoms with Crippen LogP contribution in [0.4, 0.5) is 4.39 Å². The second-order valence-electron chi connectivity index (χ2n) is 5.47. The third kappa shape index (κ3) is 2.22. The van der Waals surface area contributed by atoms with Gasteiger partial charge < -0.3 is 14.1 Å². The Hall–Kier alpha value is -2.60. The van der Waals surface area contributed by atoms with Crippen LogP contribution in [0.5, 0.6) is 5.75 Å². The summed E-state index contributed by atoms with van der Waals surface area (Å²) in [5.74, 6) is -0.564. The van der Waals surface area contributed by atoms with Crippen molar-refractivity contribution in [2.45, 2.75) is 6.54 Å². The highest BCUT2D eigenvalue weighted by molar-refractivity contribution is 9.10. The van der Waals surface area contributed by atoms with E-state index in [1.165, 1.54) is 6.07 Å². The van der Waals surface area contributed by atoms with Gasteiger partial charge in [-0.1, -0.05) is 34.1 Å². The van der Waals surface area contributed by atoms with Gasteiger partial charge in [-0.2, -0.15) is 0 Å². The number of hydrogen-bond acceptors (Lipinski definition) is 3. The summed E-state index contributed by atoms with van der Waals surface area (Å²) in [5, 5.41) is 10.5. The van der Waals surface area contributed by atoms with Crippen molar-refractivity contribution >= 4 is 37.9 Å². The number of aromatic nitrogens is 1. The maximum Gasteiger partial charge on any atom is 0.215 e. The average Bonchev–Trinajstić information content (AvgIpc) is 2.95. The zero-order valence-corrected chi connectivity index (χ0v) is 13.9. The molecule has 2 aromatic carbocycles. The largest absolute Gasteiger partial charge is 0.504 e. The molecule has 0 saturated heterocycles. The predicted octanol–water partition coefficient (Wildman–Crippen LogP) is 4.40. The van der Waals surface area contributed by atoms with E-state index in [1.807, 2.05) is 0 Å². The van der Waals surface area contributed by atoms with Crippen LogP contribution in [0.25, 0.3) is 22.0 Å². The Morgan fingerprint density at radius 1 is 1.21 bits per heavy atom. The second kappa shape index (κ2) is 5.49. The fraction of sp³-hybridized carbons (Fsp3) is 0.0556. The Kier molecular flexibility index (Phi) is 3.42. The SMILES string of the molecule is O=c1c2ccc(Br)cc2n(Cc2ccccc2F)c2occ(O)c12. The van der Waals surface area contributed by atoms with E-state index in [2.05, 4.69) is 15.9 Å². The molecule has 4 nitrogen and oxygen atoms in total. The average molecular weight is 388 g/mol. The molecule has 0 atom stereocenters. The van der Waals surface area contributed by atoms with E-state index in [4.69, 9.17) is 4.42 Å². The van der Waals surface area contributed by atoms with Crippen molar-refractivity contribution < 1.29 is 13.9 Å². The number of fused-ring (bicyclic) bond motifs is 2. The van der Waals surface area contributed by atoms with Crippen LogP contribution in [-0.2, 0) is 6.54 Å². The Morgan fingerprint density at radius 2 is 2.00 bits per heavy atom. The van der Waals surface area contributed by atoms with Crippen molar-refractivity contribution in [2.24, 2.45) is 0 Å². The van der Waals surface area contributed by atoms with Crippen LogP contribution < -0.4 is 5.43 Å². The molecule has 24 heavy (non-hydrogen) atoms. The molecule has 2 heterocycles. The van der Waals surface area contributed by atoms with Crippen LogP contribution in [0.2, 0.25) is 0 Å². The summed E-state index contributed by atoms with van der Waals surface area (Å²) in [6, 6.07) is 11.6. The molecule has 0 saturated carbocycles. The van der Waals surface area contributed by atoms with Gasteiger partial charge in [0.05, 0.1) is 12.1 Å². The Bertz CT molecular complexity index is 1150. The predicted molar refractivity (Wildman–Crippen MR) is 92.8 cm³/mol. The van der Waals surface area contributed by atoms with Gasteiger partial charge in [-0.15, -0.1) is 0 Å². The lowest BCUT2D eigenvalue weighted by molar-refractivity contribution is 0.462. The van der Waals surface area contributed by atoms with Gasteiger partial charge in [0, 0.05) is 15.4 Å². The molecule has 4 aromatic rings. The fourth-order valence-corrected chi connectivity index (χ4v) is 3.22. The minimum atomic E-state index is -0.344. The third-order valence-corrected chi connectivity index (χ3v) is 4.50. The molecule has 0 aliphatic carbocycles. The maximum atomic E-state index is 14.1. The van der Waals surface area contributed by atoms with Crippen LogP contribution in [0.15, 0.2) is 62.4 Å². The molecular formula is C18H11BrFNO3. The normalized spacial score (nSPS) is 11.4. The summed E-state index contributed by atoms with van der Waals surface area (Å²) in [6.07, 6.45) is 1.12. The van der Waals surface area contributed by atoms with Gasteiger partial charge in [-0.25, -0.2) is 4.39 Å². The summed E-state index contributed by atoms with van der Waals surface area (Å²) in [5.41, 5.74) is 0.953. The first-order chi connectivity index (χ1) is 11.6. The van der Waals surface area contributed by atoms with Crippen molar-refractivity contribution in [2.75, 3.05) is 0 Å². The van der Waals surface area contributed by atoms with Gasteiger partial charge in [0.15, 0.2) is 5.75 Å². The third-order valence-electron chi connectivity index (χ3n) is 4.01. The topological polar surface area (TPSA) is 55.4 Å². The summed E-state index contributed by atoms with van der Waals surface area (Å²) in [6.45, 7) is 0.170. The summed E-state index contributed by atoms with van der Waals surface area (Å²) in [4.78, 5) is 12.6. The van der Waals surface area contributed by atoms with Crippen molar-refractivity contribution in [1.29, 1.82) is 0 Å². The molecule has 0 fully saturated rings. The number of rotatable bonds is 2. The highest BCUT2D eigenvalue weighted by Crippen LogP contribution is 2.29. The van der Waals surface area contributed by atoms with E-state index >= 15 is 0 Å². The van der Waals surface area contributed by atoms with E-state index in [-0.39, 0.29) is 34.6 Å². The molecule has 0 aliphatic rings. The Morgan fingerprint density at radius 3 is 2.79 bits per heavy atom. The number of furan rings is 1. The summed E-state index contributed by atoms with van der Waals surface area (Å²) < 4.78 is 21.9. The smallest absolute Gasteiger partial charge is 0.215 e. The van der Waals surface area contributed by atoms with Crippen LogP contribution in [0, 0.1) is 5.82 Å². The molecule has 4 rings (SSSR count). The molecule has 0 bridgehead atoms. The van der Waals surface area contributed by atoms with Crippen LogP contribution >= 0.6 is 15.9 Å². The number of benzene rings is 2. The lowest BCUT2D eigenvalue weighted by Gasteiger charge is -2.13. The quantitative estimate of drug-likeness (QED) is 0.554. The molecule has 6 heteroatoms. The van der Waals surface area contributed by atoms with Crippen molar-refractivity contribution in [3.05, 3.63) is 74.8 Å². The fourth-order valence-electron chi connectivity index (χ4n) is 2.87. The van der Waals surface area contributed by atoms with Crippen LogP contribution in [0.1, 0.15) is 5.56 Å². The van der Waals surface area contributed by atoms with Crippen LogP contribution in [0.3, 0.4) is 0 Å². The van der Waals surface area contributed by atoms with Crippen molar-refractivity contribution in [3.63, 3.8) is 0 Å². The minimum Gasteiger partial charge on any atom is -0.504 e. The van der Waals surface area contributed by atoms with Gasteiger partial charge in [0.25, 0.3) is 0 Å². The maximum absolute atomic E-state index is 14.1. The van der Waals surface area contributed by atoms with E-state index in [0.717, 1.165) is 10.7 Å². The summed E-state index contributed by atoms with van der Waals surface area (Å²) in [7, 11) is 0. The number of halogens is 2. The van der Waals surface area contributed by atoms with E-state index < -0.39 is 0 Å². The molecule has 0 unspecified atom stereocenters. The van der Waals surface area contributed by atoms with Crippen molar-refractivity contribution in [1.82, 2.24) is 4.57 Å². The van der Waals surface area contributed by atoms with Gasteiger partial charge in [0.1, 0.15) is 17.5 Å². The first kappa shape index (κ1) is 15.0. The van der Waals surface area contributed by atoms with Gasteiger partial charge in [-0.3, -0.25) is 4.79 Å². The molecule has 120 valence electrons. The lowest BCUT2D eigenvalue weighted by Crippen LogP contribution is -2.11. The molecule has 0 radical (unpaired) electrons. The number of pyridine rings is 1. The van der Waals surface area contributed by atoms with Gasteiger partial charge in [0.2, 0.25) is 11.1 Å². The first-order valence-corrected chi connectivity index (χ1v) is 8.01. The monoisotopic (exact) mass is 387 g/mol. The van der Waals surface area contributed by atoms with E-state index in [9.17, 15) is 14.3 Å². The van der Waals surface area contributed by atoms with E-state index in [1.54, 1.807) is 41.0 Å². The zero-order chi connectivity index (χ0) is 16.8. The highest BCUT2D eigenvalue weighted by Gasteiger charge is 2.18. The van der Waals surface area contributed by atoms with Crippen molar-refractivity contribution in [3.8, 4) is 5.75 Å². The number of hydrogen-bond donors (Lipinski definition) is 1. The number of aromatic hydroxyl groups is 1. The van der Waals surface area contributed by atoms with Gasteiger partial charge >= 0.3 is 0 Å². The van der Waals surface area contributed by atoms with Crippen LogP contribution in [-0.4, -0.2) is 9.67 Å². The molecule has 0 amide bonds. The lowest BCUT2D eigenvalue weighted by atomic mass is 10.1. The minimum absolute atomic E-state index is 0.0983. The summed E-state index contributed by atoms with van der Waals surface area (Å²) >= 11 is 3.39. The molecule has 1 N–H and O–H groups in total. The zero-order valence-electron chi connectivity index (χ0n) is 12.3. The first-order valence-electron chi connectivity index (χ1n) is 7.22. The molecule has 0 spiro atoms. The Balaban J connectivity index is 2.11.